The highest BCUT2D eigenvalue weighted by Crippen LogP contribution is 2.23. The second-order valence-electron chi connectivity index (χ2n) is 6.20. The van der Waals surface area contributed by atoms with E-state index in [0.717, 1.165) is 44.8 Å². The Hall–Kier alpha value is -1.13. The van der Waals surface area contributed by atoms with Crippen molar-refractivity contribution in [3.05, 3.63) is 23.9 Å². The number of nitrogens with zero attached hydrogens (tertiary/aromatic N) is 3. The maximum absolute atomic E-state index is 9.80. The molecule has 2 fully saturated rings. The number of aromatic nitrogens is 1. The molecule has 1 unspecified atom stereocenters. The summed E-state index contributed by atoms with van der Waals surface area (Å²) in [7, 11) is 0. The van der Waals surface area contributed by atoms with Crippen molar-refractivity contribution in [2.45, 2.75) is 44.8 Å². The molecule has 1 N–H and O–H groups in total. The van der Waals surface area contributed by atoms with Crippen LogP contribution in [0.2, 0.25) is 0 Å². The molecular weight excluding hydrogens is 250 g/mol. The Balaban J connectivity index is 1.55. The largest absolute Gasteiger partial charge is 0.392 e. The zero-order valence-electron chi connectivity index (χ0n) is 12.3. The molecule has 0 radical (unpaired) electrons. The Morgan fingerprint density at radius 1 is 1.15 bits per heavy atom. The molecule has 1 aromatic rings. The number of likely N-dealkylation sites (tertiary alicyclic amines) is 1. The number of aliphatic hydroxyl groups excluding tert-OH is 1. The second kappa shape index (κ2) is 6.10. The zero-order valence-corrected chi connectivity index (χ0v) is 12.3. The van der Waals surface area contributed by atoms with E-state index in [9.17, 15) is 5.11 Å². The molecule has 20 heavy (non-hydrogen) atoms. The minimum atomic E-state index is -0.111. The van der Waals surface area contributed by atoms with Crippen LogP contribution in [0.1, 0.15) is 31.2 Å². The molecule has 1 atom stereocenters. The standard InChI is InChI=1S/C16H25N3O/c1-13-4-5-16(17-11-13)18-9-6-14(7-10-18)19-8-2-3-15(20)12-19/h4-5,11,14-15,20H,2-3,6-10,12H2,1H3. The predicted octanol–water partition coefficient (Wildman–Crippen LogP) is 1.82. The van der Waals surface area contributed by atoms with Crippen molar-refractivity contribution in [1.29, 1.82) is 0 Å². The van der Waals surface area contributed by atoms with Gasteiger partial charge >= 0.3 is 0 Å². The van der Waals surface area contributed by atoms with Crippen LogP contribution >= 0.6 is 0 Å². The lowest BCUT2D eigenvalue weighted by atomic mass is 9.99. The van der Waals surface area contributed by atoms with Gasteiger partial charge in [0.2, 0.25) is 0 Å². The highest BCUT2D eigenvalue weighted by molar-refractivity contribution is 5.39. The quantitative estimate of drug-likeness (QED) is 0.893. The third kappa shape index (κ3) is 3.13. The molecule has 4 nitrogen and oxygen atoms in total. The van der Waals surface area contributed by atoms with Gasteiger partial charge in [0.15, 0.2) is 0 Å². The monoisotopic (exact) mass is 275 g/mol. The zero-order chi connectivity index (χ0) is 13.9. The summed E-state index contributed by atoms with van der Waals surface area (Å²) in [6.07, 6.45) is 6.32. The Labute approximate surface area is 121 Å². The first-order valence-corrected chi connectivity index (χ1v) is 7.82. The van der Waals surface area contributed by atoms with Crippen molar-refractivity contribution in [2.75, 3.05) is 31.1 Å². The Morgan fingerprint density at radius 2 is 1.95 bits per heavy atom. The van der Waals surface area contributed by atoms with Gasteiger partial charge in [-0.3, -0.25) is 4.90 Å². The Kier molecular flexibility index (Phi) is 4.22. The van der Waals surface area contributed by atoms with Crippen LogP contribution < -0.4 is 4.90 Å². The first kappa shape index (κ1) is 13.8. The lowest BCUT2D eigenvalue weighted by Gasteiger charge is -2.41. The van der Waals surface area contributed by atoms with E-state index in [4.69, 9.17) is 0 Å². The fraction of sp³-hybridized carbons (Fsp3) is 0.688. The number of anilines is 1. The average molecular weight is 275 g/mol. The molecule has 0 saturated carbocycles. The van der Waals surface area contributed by atoms with E-state index in [0.29, 0.717) is 6.04 Å². The van der Waals surface area contributed by atoms with E-state index in [2.05, 4.69) is 33.8 Å². The van der Waals surface area contributed by atoms with Crippen LogP contribution in [0.4, 0.5) is 5.82 Å². The van der Waals surface area contributed by atoms with E-state index >= 15 is 0 Å². The molecule has 3 rings (SSSR count). The highest BCUT2D eigenvalue weighted by Gasteiger charge is 2.28. The van der Waals surface area contributed by atoms with Gasteiger partial charge in [0, 0.05) is 31.9 Å². The van der Waals surface area contributed by atoms with Crippen molar-refractivity contribution in [1.82, 2.24) is 9.88 Å². The molecule has 0 aliphatic carbocycles. The maximum atomic E-state index is 9.80. The Bertz CT molecular complexity index is 426. The van der Waals surface area contributed by atoms with Crippen molar-refractivity contribution < 1.29 is 5.11 Å². The summed E-state index contributed by atoms with van der Waals surface area (Å²) in [5.41, 5.74) is 1.21. The van der Waals surface area contributed by atoms with Gasteiger partial charge in [0.1, 0.15) is 5.82 Å². The summed E-state index contributed by atoms with van der Waals surface area (Å²) in [5.74, 6) is 1.10. The normalized spacial score (nSPS) is 25.9. The molecule has 3 heterocycles. The summed E-state index contributed by atoms with van der Waals surface area (Å²) in [5, 5.41) is 9.80. The van der Waals surface area contributed by atoms with Crippen LogP contribution in [0.25, 0.3) is 0 Å². The number of pyridine rings is 1. The number of piperidine rings is 2. The molecule has 4 heteroatoms. The van der Waals surface area contributed by atoms with Gasteiger partial charge in [-0.1, -0.05) is 6.07 Å². The van der Waals surface area contributed by atoms with E-state index in [-0.39, 0.29) is 6.10 Å². The highest BCUT2D eigenvalue weighted by atomic mass is 16.3. The lowest BCUT2D eigenvalue weighted by Crippen LogP contribution is -2.49. The van der Waals surface area contributed by atoms with Crippen molar-refractivity contribution in [3.63, 3.8) is 0 Å². The van der Waals surface area contributed by atoms with Crippen LogP contribution in [0, 0.1) is 6.92 Å². The number of hydrogen-bond acceptors (Lipinski definition) is 4. The van der Waals surface area contributed by atoms with Crippen LogP contribution in [-0.4, -0.2) is 53.3 Å². The summed E-state index contributed by atoms with van der Waals surface area (Å²) in [6.45, 7) is 6.25. The van der Waals surface area contributed by atoms with Gasteiger partial charge in [-0.15, -0.1) is 0 Å². The smallest absolute Gasteiger partial charge is 0.128 e. The summed E-state index contributed by atoms with van der Waals surface area (Å²) in [4.78, 5) is 9.40. The van der Waals surface area contributed by atoms with Crippen LogP contribution in [-0.2, 0) is 0 Å². The fourth-order valence-corrected chi connectivity index (χ4v) is 3.42. The van der Waals surface area contributed by atoms with Gasteiger partial charge in [0.05, 0.1) is 6.10 Å². The fourth-order valence-electron chi connectivity index (χ4n) is 3.42. The number of aryl methyl sites for hydroxylation is 1. The molecule has 0 spiro atoms. The molecule has 0 aromatic carbocycles. The predicted molar refractivity (Wildman–Crippen MR) is 81.0 cm³/mol. The van der Waals surface area contributed by atoms with E-state index in [1.54, 1.807) is 0 Å². The maximum Gasteiger partial charge on any atom is 0.128 e. The number of hydrogen-bond donors (Lipinski definition) is 1. The van der Waals surface area contributed by atoms with Gasteiger partial charge < -0.3 is 10.0 Å². The minimum Gasteiger partial charge on any atom is -0.392 e. The van der Waals surface area contributed by atoms with E-state index in [1.165, 1.54) is 18.4 Å². The molecule has 110 valence electrons. The van der Waals surface area contributed by atoms with Crippen LogP contribution in [0.15, 0.2) is 18.3 Å². The van der Waals surface area contributed by atoms with Gasteiger partial charge in [-0.05, 0) is 50.8 Å². The third-order valence-corrected chi connectivity index (χ3v) is 4.63. The molecule has 2 aliphatic heterocycles. The van der Waals surface area contributed by atoms with Gasteiger partial charge in [-0.25, -0.2) is 4.98 Å². The number of β-amino-alcohol motifs (C(OH)–C–C–N with tert-alkyl or cyclic N) is 1. The number of rotatable bonds is 2. The SMILES string of the molecule is Cc1ccc(N2CCC(N3CCCC(O)C3)CC2)nc1. The first-order chi connectivity index (χ1) is 9.72. The first-order valence-electron chi connectivity index (χ1n) is 7.82. The number of aliphatic hydroxyl groups is 1. The van der Waals surface area contributed by atoms with E-state index < -0.39 is 0 Å². The van der Waals surface area contributed by atoms with Crippen molar-refractivity contribution in [2.24, 2.45) is 0 Å². The Morgan fingerprint density at radius 3 is 2.60 bits per heavy atom. The van der Waals surface area contributed by atoms with Crippen molar-refractivity contribution in [3.8, 4) is 0 Å². The average Bonchev–Trinajstić information content (AvgIpc) is 2.48. The molecule has 2 aliphatic rings. The van der Waals surface area contributed by atoms with Crippen LogP contribution in [0.3, 0.4) is 0 Å². The topological polar surface area (TPSA) is 39.6 Å². The molecule has 0 bridgehead atoms. The van der Waals surface area contributed by atoms with E-state index in [1.807, 2.05) is 6.20 Å². The molecule has 2 saturated heterocycles. The van der Waals surface area contributed by atoms with Gasteiger partial charge in [0.25, 0.3) is 0 Å². The van der Waals surface area contributed by atoms with Gasteiger partial charge in [-0.2, -0.15) is 0 Å². The second-order valence-corrected chi connectivity index (χ2v) is 6.20. The summed E-state index contributed by atoms with van der Waals surface area (Å²) in [6, 6.07) is 4.90. The van der Waals surface area contributed by atoms with Crippen LogP contribution in [0.5, 0.6) is 0 Å². The third-order valence-electron chi connectivity index (χ3n) is 4.63. The summed E-state index contributed by atoms with van der Waals surface area (Å²) < 4.78 is 0. The lowest BCUT2D eigenvalue weighted by molar-refractivity contribution is 0.0398. The molecule has 1 aromatic heterocycles. The van der Waals surface area contributed by atoms with Crippen molar-refractivity contribution >= 4 is 5.82 Å². The molecule has 0 amide bonds. The minimum absolute atomic E-state index is 0.111. The summed E-state index contributed by atoms with van der Waals surface area (Å²) >= 11 is 0. The molecular formula is C16H25N3O.